The van der Waals surface area contributed by atoms with Crippen LogP contribution in [0.25, 0.3) is 0 Å². The zero-order chi connectivity index (χ0) is 13.8. The van der Waals surface area contributed by atoms with Gasteiger partial charge in [-0.25, -0.2) is 14.6 Å². The van der Waals surface area contributed by atoms with E-state index in [1.54, 1.807) is 29.5 Å². The zero-order valence-electron chi connectivity index (χ0n) is 11.2. The topological polar surface area (TPSA) is 63.9 Å². The van der Waals surface area contributed by atoms with E-state index in [1.807, 2.05) is 15.0 Å². The van der Waals surface area contributed by atoms with Crippen LogP contribution in [-0.4, -0.2) is 43.6 Å². The highest BCUT2D eigenvalue weighted by Crippen LogP contribution is 2.21. The van der Waals surface area contributed by atoms with Gasteiger partial charge in [0.2, 0.25) is 5.91 Å². The van der Waals surface area contributed by atoms with Crippen molar-refractivity contribution < 1.29 is 4.79 Å². The molecular formula is C13H17N5OS. The fraction of sp³-hybridized carbons (Fsp3) is 0.538. The summed E-state index contributed by atoms with van der Waals surface area (Å²) in [7, 11) is 0. The van der Waals surface area contributed by atoms with Gasteiger partial charge < -0.3 is 4.90 Å². The molecule has 0 bridgehead atoms. The molecule has 2 aromatic rings. The van der Waals surface area contributed by atoms with Crippen LogP contribution in [0, 0.1) is 0 Å². The predicted molar refractivity (Wildman–Crippen MR) is 75.3 cm³/mol. The van der Waals surface area contributed by atoms with Crippen LogP contribution >= 0.6 is 11.3 Å². The van der Waals surface area contributed by atoms with Crippen molar-refractivity contribution in [3.8, 4) is 0 Å². The van der Waals surface area contributed by atoms with Gasteiger partial charge in [0.05, 0.1) is 17.2 Å². The summed E-state index contributed by atoms with van der Waals surface area (Å²) in [5, 5.41) is 6.18. The molecule has 7 heteroatoms. The summed E-state index contributed by atoms with van der Waals surface area (Å²) >= 11 is 1.57. The Labute approximate surface area is 121 Å². The molecule has 2 aromatic heterocycles. The van der Waals surface area contributed by atoms with Crippen LogP contribution in [0.15, 0.2) is 23.5 Å². The minimum Gasteiger partial charge on any atom is -0.341 e. The van der Waals surface area contributed by atoms with E-state index in [1.165, 1.54) is 0 Å². The van der Waals surface area contributed by atoms with Crippen molar-refractivity contribution in [2.75, 3.05) is 13.1 Å². The summed E-state index contributed by atoms with van der Waals surface area (Å²) in [5.74, 6) is 0.211. The second kappa shape index (κ2) is 6.13. The quantitative estimate of drug-likeness (QED) is 0.857. The third kappa shape index (κ3) is 3.04. The number of thiazole rings is 1. The molecule has 1 fully saturated rings. The summed E-state index contributed by atoms with van der Waals surface area (Å²) in [5.41, 5.74) is 2.81. The highest BCUT2D eigenvalue weighted by Gasteiger charge is 2.24. The van der Waals surface area contributed by atoms with Gasteiger partial charge in [-0.3, -0.25) is 4.79 Å². The minimum absolute atomic E-state index is 0.211. The Bertz CT molecular complexity index is 539. The molecule has 0 unspecified atom stereocenters. The maximum atomic E-state index is 12.3. The van der Waals surface area contributed by atoms with Crippen molar-refractivity contribution in [3.63, 3.8) is 0 Å². The van der Waals surface area contributed by atoms with E-state index in [0.717, 1.165) is 38.0 Å². The van der Waals surface area contributed by atoms with E-state index < -0.39 is 0 Å². The van der Waals surface area contributed by atoms with Crippen LogP contribution < -0.4 is 0 Å². The lowest BCUT2D eigenvalue weighted by Crippen LogP contribution is -2.40. The number of rotatable bonds is 4. The standard InChI is InChI=1S/C13H17N5OS/c19-13(4-3-11-7-20-10-15-11)17-5-1-2-12(6-17)18-9-14-8-16-18/h7-10,12H,1-6H2/t12-/m0/s1. The number of hydrogen-bond acceptors (Lipinski definition) is 5. The lowest BCUT2D eigenvalue weighted by atomic mass is 10.1. The number of nitrogens with zero attached hydrogens (tertiary/aromatic N) is 5. The van der Waals surface area contributed by atoms with Crippen LogP contribution in [-0.2, 0) is 11.2 Å². The van der Waals surface area contributed by atoms with Gasteiger partial charge >= 0.3 is 0 Å². The normalized spacial score (nSPS) is 19.2. The molecule has 1 aliphatic heterocycles. The highest BCUT2D eigenvalue weighted by atomic mass is 32.1. The van der Waals surface area contributed by atoms with Gasteiger partial charge in [-0.2, -0.15) is 5.10 Å². The lowest BCUT2D eigenvalue weighted by Gasteiger charge is -2.32. The molecule has 0 N–H and O–H groups in total. The van der Waals surface area contributed by atoms with Crippen molar-refractivity contribution in [3.05, 3.63) is 29.2 Å². The van der Waals surface area contributed by atoms with Gasteiger partial charge in [-0.15, -0.1) is 11.3 Å². The fourth-order valence-electron chi connectivity index (χ4n) is 2.56. The molecule has 1 atom stereocenters. The monoisotopic (exact) mass is 291 g/mol. The summed E-state index contributed by atoms with van der Waals surface area (Å²) in [4.78, 5) is 22.4. The minimum atomic E-state index is 0.211. The first-order valence-electron chi connectivity index (χ1n) is 6.82. The van der Waals surface area contributed by atoms with Crippen molar-refractivity contribution in [1.82, 2.24) is 24.6 Å². The molecule has 0 aromatic carbocycles. The SMILES string of the molecule is O=C(CCc1cscn1)N1CCC[C@H](n2cncn2)C1. The smallest absolute Gasteiger partial charge is 0.223 e. The Hall–Kier alpha value is -1.76. The zero-order valence-corrected chi connectivity index (χ0v) is 12.0. The van der Waals surface area contributed by atoms with Crippen molar-refractivity contribution >= 4 is 17.2 Å². The van der Waals surface area contributed by atoms with Crippen LogP contribution in [0.4, 0.5) is 0 Å². The fourth-order valence-corrected chi connectivity index (χ4v) is 3.15. The molecule has 1 amide bonds. The second-order valence-corrected chi connectivity index (χ2v) is 5.71. The molecule has 3 heterocycles. The second-order valence-electron chi connectivity index (χ2n) is 4.99. The summed E-state index contributed by atoms with van der Waals surface area (Å²) < 4.78 is 1.86. The molecule has 0 spiro atoms. The van der Waals surface area contributed by atoms with Crippen LogP contribution in [0.5, 0.6) is 0 Å². The van der Waals surface area contributed by atoms with E-state index >= 15 is 0 Å². The van der Waals surface area contributed by atoms with Crippen LogP contribution in [0.2, 0.25) is 0 Å². The van der Waals surface area contributed by atoms with Gasteiger partial charge in [0.1, 0.15) is 12.7 Å². The third-order valence-electron chi connectivity index (χ3n) is 3.64. The number of hydrogen-bond donors (Lipinski definition) is 0. The number of carbonyl (C=O) groups excluding carboxylic acids is 1. The first kappa shape index (κ1) is 13.2. The molecule has 0 radical (unpaired) electrons. The molecule has 20 heavy (non-hydrogen) atoms. The van der Waals surface area contributed by atoms with E-state index in [0.29, 0.717) is 6.42 Å². The number of piperidine rings is 1. The molecule has 6 nitrogen and oxygen atoms in total. The predicted octanol–water partition coefficient (Wildman–Crippen LogP) is 1.53. The van der Waals surface area contributed by atoms with Crippen LogP contribution in [0.1, 0.15) is 31.0 Å². The Balaban J connectivity index is 1.55. The number of carbonyl (C=O) groups is 1. The van der Waals surface area contributed by atoms with E-state index in [9.17, 15) is 4.79 Å². The van der Waals surface area contributed by atoms with E-state index in [4.69, 9.17) is 0 Å². The molecule has 3 rings (SSSR count). The maximum Gasteiger partial charge on any atom is 0.223 e. The Morgan fingerprint density at radius 2 is 2.45 bits per heavy atom. The average molecular weight is 291 g/mol. The van der Waals surface area contributed by atoms with Gasteiger partial charge in [0.15, 0.2) is 0 Å². The Morgan fingerprint density at radius 1 is 1.50 bits per heavy atom. The number of likely N-dealkylation sites (tertiary alicyclic amines) is 1. The average Bonchev–Trinajstić information content (AvgIpc) is 3.18. The number of amides is 1. The first-order valence-corrected chi connectivity index (χ1v) is 7.76. The third-order valence-corrected chi connectivity index (χ3v) is 4.27. The van der Waals surface area contributed by atoms with Gasteiger partial charge in [-0.1, -0.05) is 0 Å². The lowest BCUT2D eigenvalue weighted by molar-refractivity contribution is -0.132. The maximum absolute atomic E-state index is 12.3. The summed E-state index contributed by atoms with van der Waals surface area (Å²) in [6, 6.07) is 0.259. The van der Waals surface area contributed by atoms with Crippen LogP contribution in [0.3, 0.4) is 0 Å². The van der Waals surface area contributed by atoms with Gasteiger partial charge in [0, 0.05) is 24.9 Å². The summed E-state index contributed by atoms with van der Waals surface area (Å²) in [6.07, 6.45) is 6.61. The molecule has 106 valence electrons. The van der Waals surface area contributed by atoms with Gasteiger partial charge in [0.25, 0.3) is 0 Å². The van der Waals surface area contributed by atoms with Crippen molar-refractivity contribution in [1.29, 1.82) is 0 Å². The highest BCUT2D eigenvalue weighted by molar-refractivity contribution is 7.07. The van der Waals surface area contributed by atoms with E-state index in [-0.39, 0.29) is 11.9 Å². The molecule has 1 saturated heterocycles. The Morgan fingerprint density at radius 3 is 3.20 bits per heavy atom. The number of aromatic nitrogens is 4. The van der Waals surface area contributed by atoms with Gasteiger partial charge in [-0.05, 0) is 19.3 Å². The molecule has 1 aliphatic rings. The number of aryl methyl sites for hydroxylation is 1. The van der Waals surface area contributed by atoms with Crippen molar-refractivity contribution in [2.45, 2.75) is 31.7 Å². The molecular weight excluding hydrogens is 274 g/mol. The molecule has 0 saturated carbocycles. The summed E-state index contributed by atoms with van der Waals surface area (Å²) in [6.45, 7) is 1.58. The molecule has 0 aliphatic carbocycles. The van der Waals surface area contributed by atoms with Crippen molar-refractivity contribution in [2.24, 2.45) is 0 Å². The first-order chi connectivity index (χ1) is 9.83. The Kier molecular flexibility index (Phi) is 4.05. The van der Waals surface area contributed by atoms with E-state index in [2.05, 4.69) is 15.1 Å². The largest absolute Gasteiger partial charge is 0.341 e.